The summed E-state index contributed by atoms with van der Waals surface area (Å²) in [6.45, 7) is 7.00. The fourth-order valence-corrected chi connectivity index (χ4v) is 2.89. The quantitative estimate of drug-likeness (QED) is 0.839. The first kappa shape index (κ1) is 19.1. The average molecular weight is 348 g/mol. The molecule has 0 bridgehead atoms. The number of likely N-dealkylation sites (tertiary alicyclic amines) is 1. The first-order valence-electron chi connectivity index (χ1n) is 8.55. The second-order valence-corrected chi connectivity index (χ2v) is 7.46. The van der Waals surface area contributed by atoms with E-state index in [1.807, 2.05) is 45.0 Å². The van der Waals surface area contributed by atoms with Crippen LogP contribution in [0.15, 0.2) is 24.3 Å². The molecular formula is C19H28N2O4. The number of carbonyl (C=O) groups excluding carboxylic acids is 2. The van der Waals surface area contributed by atoms with Crippen molar-refractivity contribution in [2.45, 2.75) is 39.3 Å². The molecule has 2 amide bonds. The molecule has 1 heterocycles. The molecule has 0 aromatic heterocycles. The number of ether oxygens (including phenoxy) is 2. The normalized spacial score (nSPS) is 17.3. The van der Waals surface area contributed by atoms with Gasteiger partial charge in [-0.2, -0.15) is 0 Å². The van der Waals surface area contributed by atoms with Crippen molar-refractivity contribution in [1.29, 1.82) is 0 Å². The highest BCUT2D eigenvalue weighted by Crippen LogP contribution is 2.22. The van der Waals surface area contributed by atoms with Gasteiger partial charge in [0, 0.05) is 26.7 Å². The van der Waals surface area contributed by atoms with E-state index in [4.69, 9.17) is 9.47 Å². The molecule has 1 saturated heterocycles. The highest BCUT2D eigenvalue weighted by Gasteiger charge is 2.34. The smallest absolute Gasteiger partial charge is 0.410 e. The predicted octanol–water partition coefficient (Wildman–Crippen LogP) is 2.91. The maximum Gasteiger partial charge on any atom is 0.410 e. The van der Waals surface area contributed by atoms with Crippen LogP contribution in [0.1, 0.15) is 32.8 Å². The fourth-order valence-electron chi connectivity index (χ4n) is 2.89. The molecule has 6 heteroatoms. The molecule has 1 aliphatic heterocycles. The van der Waals surface area contributed by atoms with E-state index in [0.717, 1.165) is 11.3 Å². The lowest BCUT2D eigenvalue weighted by Crippen LogP contribution is -2.38. The van der Waals surface area contributed by atoms with Crippen LogP contribution >= 0.6 is 0 Å². The number of hydrogen-bond acceptors (Lipinski definition) is 4. The van der Waals surface area contributed by atoms with E-state index in [1.54, 1.807) is 24.0 Å². The van der Waals surface area contributed by atoms with Crippen molar-refractivity contribution in [2.24, 2.45) is 5.92 Å². The third kappa shape index (κ3) is 5.37. The van der Waals surface area contributed by atoms with Gasteiger partial charge < -0.3 is 19.3 Å². The van der Waals surface area contributed by atoms with E-state index >= 15 is 0 Å². The zero-order chi connectivity index (χ0) is 18.6. The molecule has 6 nitrogen and oxygen atoms in total. The number of hydrogen-bond donors (Lipinski definition) is 0. The van der Waals surface area contributed by atoms with Crippen LogP contribution in [0, 0.1) is 5.92 Å². The van der Waals surface area contributed by atoms with E-state index in [-0.39, 0.29) is 17.9 Å². The summed E-state index contributed by atoms with van der Waals surface area (Å²) < 4.78 is 10.6. The van der Waals surface area contributed by atoms with Crippen LogP contribution in [-0.4, -0.2) is 54.6 Å². The number of benzene rings is 1. The molecule has 0 spiro atoms. The summed E-state index contributed by atoms with van der Waals surface area (Å²) in [5, 5.41) is 0. The minimum Gasteiger partial charge on any atom is -0.497 e. The summed E-state index contributed by atoms with van der Waals surface area (Å²) in [4.78, 5) is 28.1. The van der Waals surface area contributed by atoms with Gasteiger partial charge in [-0.3, -0.25) is 4.79 Å². The standard InChI is InChI=1S/C19H28N2O4/c1-19(2,3)25-18(23)21-10-9-15(13-21)17(22)20(4)12-14-7-6-8-16(11-14)24-5/h6-8,11,15H,9-10,12-13H2,1-5H3/t15-/m1/s1. The molecule has 1 atom stereocenters. The summed E-state index contributed by atoms with van der Waals surface area (Å²) in [5.74, 6) is 0.646. The van der Waals surface area contributed by atoms with Crippen molar-refractivity contribution in [1.82, 2.24) is 9.80 Å². The third-order valence-corrected chi connectivity index (χ3v) is 4.12. The maximum absolute atomic E-state index is 12.7. The van der Waals surface area contributed by atoms with Crippen LogP contribution in [0.4, 0.5) is 4.79 Å². The Balaban J connectivity index is 1.91. The minimum atomic E-state index is -0.525. The first-order chi connectivity index (χ1) is 11.7. The molecular weight excluding hydrogens is 320 g/mol. The second-order valence-electron chi connectivity index (χ2n) is 7.46. The zero-order valence-electron chi connectivity index (χ0n) is 15.7. The molecule has 138 valence electrons. The Labute approximate surface area is 149 Å². The number of carbonyl (C=O) groups is 2. The lowest BCUT2D eigenvalue weighted by molar-refractivity contribution is -0.134. The van der Waals surface area contributed by atoms with E-state index in [9.17, 15) is 9.59 Å². The van der Waals surface area contributed by atoms with Gasteiger partial charge in [-0.05, 0) is 44.9 Å². The molecule has 0 N–H and O–H groups in total. The van der Waals surface area contributed by atoms with Crippen molar-refractivity contribution in [3.63, 3.8) is 0 Å². The van der Waals surface area contributed by atoms with Gasteiger partial charge in [-0.25, -0.2) is 4.79 Å². The van der Waals surface area contributed by atoms with Crippen LogP contribution in [0.3, 0.4) is 0 Å². The lowest BCUT2D eigenvalue weighted by atomic mass is 10.1. The average Bonchev–Trinajstić information content (AvgIpc) is 3.02. The van der Waals surface area contributed by atoms with Crippen molar-refractivity contribution in [2.75, 3.05) is 27.2 Å². The van der Waals surface area contributed by atoms with Crippen LogP contribution in [0.2, 0.25) is 0 Å². The fraction of sp³-hybridized carbons (Fsp3) is 0.579. The summed E-state index contributed by atoms with van der Waals surface area (Å²) in [6.07, 6.45) is 0.318. The number of rotatable bonds is 4. The zero-order valence-corrected chi connectivity index (χ0v) is 15.7. The Bertz CT molecular complexity index is 624. The van der Waals surface area contributed by atoms with Crippen molar-refractivity contribution in [3.8, 4) is 5.75 Å². The molecule has 1 aliphatic rings. The van der Waals surface area contributed by atoms with Gasteiger partial charge in [0.15, 0.2) is 0 Å². The Kier molecular flexibility index (Phi) is 5.93. The predicted molar refractivity (Wildman–Crippen MR) is 95.4 cm³/mol. The van der Waals surface area contributed by atoms with Crippen molar-refractivity contribution in [3.05, 3.63) is 29.8 Å². The van der Waals surface area contributed by atoms with Crippen LogP contribution < -0.4 is 4.74 Å². The molecule has 0 aliphatic carbocycles. The van der Waals surface area contributed by atoms with Crippen LogP contribution in [0.5, 0.6) is 5.75 Å². The SMILES string of the molecule is COc1cccc(CN(C)C(=O)[C@@H]2CCN(C(=O)OC(C)(C)C)C2)c1. The summed E-state index contributed by atoms with van der Waals surface area (Å²) in [7, 11) is 3.41. The van der Waals surface area contributed by atoms with E-state index < -0.39 is 5.60 Å². The maximum atomic E-state index is 12.7. The Morgan fingerprint density at radius 3 is 2.68 bits per heavy atom. The van der Waals surface area contributed by atoms with Crippen LogP contribution in [0.25, 0.3) is 0 Å². The molecule has 2 rings (SSSR count). The number of methoxy groups -OCH3 is 1. The van der Waals surface area contributed by atoms with Gasteiger partial charge in [0.1, 0.15) is 11.4 Å². The van der Waals surface area contributed by atoms with Gasteiger partial charge in [-0.1, -0.05) is 12.1 Å². The minimum absolute atomic E-state index is 0.0499. The molecule has 0 radical (unpaired) electrons. The van der Waals surface area contributed by atoms with Crippen molar-refractivity contribution >= 4 is 12.0 Å². The molecule has 25 heavy (non-hydrogen) atoms. The Hall–Kier alpha value is -2.24. The molecule has 0 saturated carbocycles. The summed E-state index contributed by atoms with van der Waals surface area (Å²) in [5.41, 5.74) is 0.486. The van der Waals surface area contributed by atoms with E-state index in [2.05, 4.69) is 0 Å². The monoisotopic (exact) mass is 348 g/mol. The first-order valence-corrected chi connectivity index (χ1v) is 8.55. The lowest BCUT2D eigenvalue weighted by Gasteiger charge is -2.25. The van der Waals surface area contributed by atoms with E-state index in [0.29, 0.717) is 26.1 Å². The highest BCUT2D eigenvalue weighted by atomic mass is 16.6. The highest BCUT2D eigenvalue weighted by molar-refractivity contribution is 5.80. The third-order valence-electron chi connectivity index (χ3n) is 4.12. The van der Waals surface area contributed by atoms with Crippen molar-refractivity contribution < 1.29 is 19.1 Å². The molecule has 1 aromatic rings. The largest absolute Gasteiger partial charge is 0.497 e. The molecule has 1 aromatic carbocycles. The summed E-state index contributed by atoms with van der Waals surface area (Å²) in [6, 6.07) is 7.67. The van der Waals surface area contributed by atoms with Gasteiger partial charge in [0.2, 0.25) is 5.91 Å². The Morgan fingerprint density at radius 2 is 2.04 bits per heavy atom. The Morgan fingerprint density at radius 1 is 1.32 bits per heavy atom. The van der Waals surface area contributed by atoms with Crippen LogP contribution in [-0.2, 0) is 16.1 Å². The molecule has 1 fully saturated rings. The van der Waals surface area contributed by atoms with E-state index in [1.165, 1.54) is 0 Å². The number of amides is 2. The van der Waals surface area contributed by atoms with Gasteiger partial charge in [0.25, 0.3) is 0 Å². The second kappa shape index (κ2) is 7.76. The van der Waals surface area contributed by atoms with Gasteiger partial charge in [0.05, 0.1) is 13.0 Å². The molecule has 0 unspecified atom stereocenters. The van der Waals surface area contributed by atoms with Gasteiger partial charge >= 0.3 is 6.09 Å². The summed E-state index contributed by atoms with van der Waals surface area (Å²) >= 11 is 0. The topological polar surface area (TPSA) is 59.1 Å². The van der Waals surface area contributed by atoms with Gasteiger partial charge in [-0.15, -0.1) is 0 Å². The number of nitrogens with zero attached hydrogens (tertiary/aromatic N) is 2.